The second kappa shape index (κ2) is 6.51. The van der Waals surface area contributed by atoms with Gasteiger partial charge in [0.05, 0.1) is 6.54 Å². The SMILES string of the molecule is O=C(CN1C(=O)NC2(CCCC2)C1=O)NC[C@@H]1COc2ccccc2O1. The van der Waals surface area contributed by atoms with E-state index >= 15 is 0 Å². The minimum atomic E-state index is -0.790. The largest absolute Gasteiger partial charge is 0.486 e. The average Bonchev–Trinajstić information content (AvgIpc) is 3.21. The first-order valence-corrected chi connectivity index (χ1v) is 8.87. The van der Waals surface area contributed by atoms with Crippen molar-refractivity contribution in [2.45, 2.75) is 37.3 Å². The molecule has 1 aromatic rings. The maximum absolute atomic E-state index is 12.5. The minimum Gasteiger partial charge on any atom is -0.486 e. The molecule has 26 heavy (non-hydrogen) atoms. The summed E-state index contributed by atoms with van der Waals surface area (Å²) in [5.41, 5.74) is -0.790. The summed E-state index contributed by atoms with van der Waals surface area (Å²) in [5, 5.41) is 5.48. The number of carbonyl (C=O) groups excluding carboxylic acids is 3. The van der Waals surface area contributed by atoms with Crippen LogP contribution in [-0.4, -0.2) is 54.1 Å². The summed E-state index contributed by atoms with van der Waals surface area (Å²) in [4.78, 5) is 37.8. The Morgan fingerprint density at radius 2 is 1.96 bits per heavy atom. The van der Waals surface area contributed by atoms with Crippen molar-refractivity contribution in [1.82, 2.24) is 15.5 Å². The van der Waals surface area contributed by atoms with E-state index in [1.54, 1.807) is 6.07 Å². The maximum Gasteiger partial charge on any atom is 0.325 e. The quantitative estimate of drug-likeness (QED) is 0.776. The summed E-state index contributed by atoms with van der Waals surface area (Å²) >= 11 is 0. The number of benzene rings is 1. The van der Waals surface area contributed by atoms with Crippen molar-refractivity contribution in [3.63, 3.8) is 0 Å². The van der Waals surface area contributed by atoms with Gasteiger partial charge in [-0.05, 0) is 25.0 Å². The zero-order valence-corrected chi connectivity index (χ0v) is 14.3. The van der Waals surface area contributed by atoms with Crippen molar-refractivity contribution in [2.75, 3.05) is 19.7 Å². The molecule has 1 aromatic carbocycles. The minimum absolute atomic E-state index is 0.238. The summed E-state index contributed by atoms with van der Waals surface area (Å²) in [6.45, 7) is 0.280. The Kier molecular flexibility index (Phi) is 4.18. The number of ether oxygens (including phenoxy) is 2. The fourth-order valence-electron chi connectivity index (χ4n) is 3.73. The zero-order chi connectivity index (χ0) is 18.1. The van der Waals surface area contributed by atoms with E-state index in [1.165, 1.54) is 0 Å². The summed E-state index contributed by atoms with van der Waals surface area (Å²) in [6.07, 6.45) is 2.78. The van der Waals surface area contributed by atoms with Gasteiger partial charge in [0.15, 0.2) is 11.5 Å². The van der Waals surface area contributed by atoms with Crippen LogP contribution < -0.4 is 20.1 Å². The normalized spacial score (nSPS) is 23.2. The van der Waals surface area contributed by atoms with Crippen molar-refractivity contribution in [1.29, 1.82) is 0 Å². The number of para-hydroxylation sites is 2. The number of nitrogens with zero attached hydrogens (tertiary/aromatic N) is 1. The van der Waals surface area contributed by atoms with Crippen LogP contribution in [0.1, 0.15) is 25.7 Å². The monoisotopic (exact) mass is 359 g/mol. The standard InChI is InChI=1S/C18H21N3O5/c22-15(10-21-16(23)18(20-17(21)24)7-3-4-8-18)19-9-12-11-25-13-5-1-2-6-14(13)26-12/h1-2,5-6,12H,3-4,7-11H2,(H,19,22)(H,20,24)/t12-/m1/s1. The number of amides is 4. The molecule has 4 rings (SSSR count). The highest BCUT2D eigenvalue weighted by atomic mass is 16.6. The molecule has 0 radical (unpaired) electrons. The van der Waals surface area contributed by atoms with Gasteiger partial charge in [-0.3, -0.25) is 14.5 Å². The molecule has 3 aliphatic rings. The van der Waals surface area contributed by atoms with Crippen molar-refractivity contribution < 1.29 is 23.9 Å². The van der Waals surface area contributed by atoms with Crippen LogP contribution in [-0.2, 0) is 9.59 Å². The van der Waals surface area contributed by atoms with Crippen molar-refractivity contribution in [2.24, 2.45) is 0 Å². The fourth-order valence-corrected chi connectivity index (χ4v) is 3.73. The van der Waals surface area contributed by atoms with E-state index in [4.69, 9.17) is 9.47 Å². The Balaban J connectivity index is 1.30. The van der Waals surface area contributed by atoms with E-state index in [0.717, 1.165) is 17.7 Å². The van der Waals surface area contributed by atoms with Gasteiger partial charge in [-0.15, -0.1) is 0 Å². The molecule has 2 N–H and O–H groups in total. The first kappa shape index (κ1) is 16.7. The number of urea groups is 1. The third kappa shape index (κ3) is 2.95. The number of hydrogen-bond acceptors (Lipinski definition) is 5. The lowest BCUT2D eigenvalue weighted by Gasteiger charge is -2.26. The Morgan fingerprint density at radius 1 is 1.23 bits per heavy atom. The second-order valence-corrected chi connectivity index (χ2v) is 6.91. The zero-order valence-electron chi connectivity index (χ0n) is 14.3. The van der Waals surface area contributed by atoms with Crippen LogP contribution in [0.5, 0.6) is 11.5 Å². The predicted molar refractivity (Wildman–Crippen MR) is 90.8 cm³/mol. The molecule has 0 bridgehead atoms. The van der Waals surface area contributed by atoms with Crippen LogP contribution in [0.3, 0.4) is 0 Å². The molecule has 2 fully saturated rings. The molecule has 1 spiro atoms. The lowest BCUT2D eigenvalue weighted by molar-refractivity contribution is -0.135. The fraction of sp³-hybridized carbons (Fsp3) is 0.500. The molecule has 1 atom stereocenters. The summed E-state index contributed by atoms with van der Waals surface area (Å²) in [7, 11) is 0. The second-order valence-electron chi connectivity index (χ2n) is 6.91. The van der Waals surface area contributed by atoms with Crippen LogP contribution in [0.15, 0.2) is 24.3 Å². The molecule has 0 unspecified atom stereocenters. The van der Waals surface area contributed by atoms with Crippen molar-refractivity contribution in [3.05, 3.63) is 24.3 Å². The van der Waals surface area contributed by atoms with E-state index in [9.17, 15) is 14.4 Å². The number of hydrogen-bond donors (Lipinski definition) is 2. The van der Waals surface area contributed by atoms with Crippen molar-refractivity contribution >= 4 is 17.8 Å². The third-order valence-corrected chi connectivity index (χ3v) is 5.10. The first-order chi connectivity index (χ1) is 12.6. The van der Waals surface area contributed by atoms with Gasteiger partial charge in [0.1, 0.15) is 24.8 Å². The summed E-state index contributed by atoms with van der Waals surface area (Å²) in [6, 6.07) is 6.84. The molecule has 8 nitrogen and oxygen atoms in total. The number of fused-ring (bicyclic) bond motifs is 1. The first-order valence-electron chi connectivity index (χ1n) is 8.87. The van der Waals surface area contributed by atoms with Crippen LogP contribution in [0, 0.1) is 0 Å². The van der Waals surface area contributed by atoms with Gasteiger partial charge in [0, 0.05) is 0 Å². The van der Waals surface area contributed by atoms with Crippen LogP contribution in [0.25, 0.3) is 0 Å². The Bertz CT molecular complexity index is 744. The third-order valence-electron chi connectivity index (χ3n) is 5.10. The topological polar surface area (TPSA) is 97.0 Å². The van der Waals surface area contributed by atoms with E-state index < -0.39 is 17.5 Å². The van der Waals surface area contributed by atoms with Crippen molar-refractivity contribution in [3.8, 4) is 11.5 Å². The lowest BCUT2D eigenvalue weighted by Crippen LogP contribution is -2.47. The van der Waals surface area contributed by atoms with Gasteiger partial charge in [-0.25, -0.2) is 4.79 Å². The maximum atomic E-state index is 12.5. The molecule has 1 saturated carbocycles. The van der Waals surface area contributed by atoms with Gasteiger partial charge in [0.2, 0.25) is 5.91 Å². The predicted octanol–water partition coefficient (Wildman–Crippen LogP) is 0.807. The molecule has 0 aromatic heterocycles. The Labute approximate surface area is 150 Å². The number of rotatable bonds is 4. The van der Waals surface area contributed by atoms with Crippen LogP contribution >= 0.6 is 0 Å². The van der Waals surface area contributed by atoms with Gasteiger partial charge in [-0.2, -0.15) is 0 Å². The molecular formula is C18H21N3O5. The van der Waals surface area contributed by atoms with Gasteiger partial charge in [-0.1, -0.05) is 25.0 Å². The van der Waals surface area contributed by atoms with E-state index in [2.05, 4.69) is 10.6 Å². The lowest BCUT2D eigenvalue weighted by atomic mass is 9.98. The Hall–Kier alpha value is -2.77. The average molecular weight is 359 g/mol. The molecule has 1 saturated heterocycles. The molecule has 8 heteroatoms. The molecule has 138 valence electrons. The highest BCUT2D eigenvalue weighted by molar-refractivity contribution is 6.09. The smallest absolute Gasteiger partial charge is 0.325 e. The molecule has 2 aliphatic heterocycles. The van der Waals surface area contributed by atoms with E-state index in [0.29, 0.717) is 30.9 Å². The van der Waals surface area contributed by atoms with Crippen LogP contribution in [0.2, 0.25) is 0 Å². The Morgan fingerprint density at radius 3 is 2.73 bits per heavy atom. The van der Waals surface area contributed by atoms with Gasteiger partial charge >= 0.3 is 6.03 Å². The van der Waals surface area contributed by atoms with Gasteiger partial charge in [0.25, 0.3) is 5.91 Å². The molecule has 4 amide bonds. The van der Waals surface area contributed by atoms with Gasteiger partial charge < -0.3 is 20.1 Å². The highest BCUT2D eigenvalue weighted by Crippen LogP contribution is 2.35. The van der Waals surface area contributed by atoms with E-state index in [1.807, 2.05) is 18.2 Å². The summed E-state index contributed by atoms with van der Waals surface area (Å²) in [5.74, 6) is 0.624. The highest BCUT2D eigenvalue weighted by Gasteiger charge is 2.52. The summed E-state index contributed by atoms with van der Waals surface area (Å²) < 4.78 is 11.4. The van der Waals surface area contributed by atoms with Crippen LogP contribution in [0.4, 0.5) is 4.79 Å². The number of nitrogens with one attached hydrogen (secondary N) is 2. The van der Waals surface area contributed by atoms with E-state index in [-0.39, 0.29) is 25.1 Å². The molecule has 2 heterocycles. The number of imide groups is 1. The molecular weight excluding hydrogens is 338 g/mol. The molecule has 1 aliphatic carbocycles. The number of carbonyl (C=O) groups is 3.